The third-order valence-corrected chi connectivity index (χ3v) is 7.09. The molecule has 0 aliphatic carbocycles. The largest absolute Gasteiger partial charge is 0.356 e. The molecule has 7 nitrogen and oxygen atoms in total. The molecule has 2 unspecified atom stereocenters. The Hall–Kier alpha value is -0.800. The van der Waals surface area contributed by atoms with E-state index in [9.17, 15) is 18.0 Å². The molecular weight excluding hydrogens is 398 g/mol. The van der Waals surface area contributed by atoms with Gasteiger partial charge in [0.05, 0.1) is 11.7 Å². The van der Waals surface area contributed by atoms with E-state index in [1.54, 1.807) is 23.6 Å². The number of nitrogens with one attached hydrogen (secondary N) is 2. The number of hydrogen-bond donors (Lipinski definition) is 2. The van der Waals surface area contributed by atoms with E-state index in [2.05, 4.69) is 17.0 Å². The minimum Gasteiger partial charge on any atom is -0.356 e. The molecule has 2 amide bonds. The maximum atomic E-state index is 13.0. The summed E-state index contributed by atoms with van der Waals surface area (Å²) in [5.74, 6) is 0.209. The second kappa shape index (κ2) is 13.4. The second-order valence-electron chi connectivity index (χ2n) is 7.33. The Morgan fingerprint density at radius 1 is 1.21 bits per heavy atom. The van der Waals surface area contributed by atoms with Gasteiger partial charge in [-0.1, -0.05) is 26.2 Å². The van der Waals surface area contributed by atoms with Crippen LogP contribution in [0.25, 0.3) is 0 Å². The molecule has 1 rings (SSSR count). The van der Waals surface area contributed by atoms with Gasteiger partial charge >= 0.3 is 0 Å². The average molecular weight is 436 g/mol. The molecule has 9 heteroatoms. The number of nitrogens with zero attached hydrogens (tertiary/aromatic N) is 1. The first-order chi connectivity index (χ1) is 13.3. The molecule has 0 aromatic heterocycles. The number of likely N-dealkylation sites (tertiary alicyclic amines) is 1. The van der Waals surface area contributed by atoms with Gasteiger partial charge in [-0.2, -0.15) is 11.8 Å². The summed E-state index contributed by atoms with van der Waals surface area (Å²) in [6.07, 6.45) is 8.32. The minimum atomic E-state index is -3.47. The number of piperidine rings is 1. The van der Waals surface area contributed by atoms with Gasteiger partial charge in [0.25, 0.3) is 0 Å². The van der Waals surface area contributed by atoms with Crippen molar-refractivity contribution >= 4 is 33.6 Å². The molecule has 2 N–H and O–H groups in total. The number of rotatable bonds is 13. The standard InChI is InChI=1S/C19H37N3O4S2/c1-4-6-7-8-12-20-18(23)16-10-9-13-22(15-16)19(24)17(11-14-27-3)21-28(25,26)5-2/h16-17,21H,4-15H2,1-3H3,(H,20,23). The Kier molecular flexibility index (Phi) is 12.1. The summed E-state index contributed by atoms with van der Waals surface area (Å²) in [5, 5.41) is 2.99. The molecule has 0 aromatic rings. The molecule has 0 bridgehead atoms. The van der Waals surface area contributed by atoms with Gasteiger partial charge in [-0.25, -0.2) is 13.1 Å². The molecule has 28 heavy (non-hydrogen) atoms. The Labute approximate surface area is 174 Å². The quantitative estimate of drug-likeness (QED) is 0.431. The zero-order chi connectivity index (χ0) is 21.0. The summed E-state index contributed by atoms with van der Waals surface area (Å²) in [5.41, 5.74) is 0. The van der Waals surface area contributed by atoms with E-state index in [4.69, 9.17) is 0 Å². The van der Waals surface area contributed by atoms with Gasteiger partial charge in [-0.05, 0) is 44.6 Å². The normalized spacial score (nSPS) is 18.7. The van der Waals surface area contributed by atoms with Crippen LogP contribution in [0.15, 0.2) is 0 Å². The Balaban J connectivity index is 2.63. The highest BCUT2D eigenvalue weighted by Gasteiger charge is 2.33. The molecule has 0 spiro atoms. The van der Waals surface area contributed by atoms with E-state index in [0.717, 1.165) is 32.1 Å². The third kappa shape index (κ3) is 9.13. The molecule has 1 aliphatic heterocycles. The van der Waals surface area contributed by atoms with E-state index in [-0.39, 0.29) is 23.5 Å². The summed E-state index contributed by atoms with van der Waals surface area (Å²) in [7, 11) is -3.47. The molecular formula is C19H37N3O4S2. The lowest BCUT2D eigenvalue weighted by Crippen LogP contribution is -2.53. The first-order valence-corrected chi connectivity index (χ1v) is 13.4. The van der Waals surface area contributed by atoms with Crippen LogP contribution in [-0.2, 0) is 19.6 Å². The number of carbonyl (C=O) groups excluding carboxylic acids is 2. The molecule has 164 valence electrons. The minimum absolute atomic E-state index is 0.00352. The molecule has 2 atom stereocenters. The van der Waals surface area contributed by atoms with Crippen LogP contribution in [0.1, 0.15) is 58.8 Å². The zero-order valence-electron chi connectivity index (χ0n) is 17.5. The Morgan fingerprint density at radius 3 is 2.61 bits per heavy atom. The SMILES string of the molecule is CCCCCCNC(=O)C1CCCN(C(=O)C(CCSC)NS(=O)(=O)CC)C1. The van der Waals surface area contributed by atoms with Gasteiger partial charge in [0.1, 0.15) is 6.04 Å². The summed E-state index contributed by atoms with van der Waals surface area (Å²) in [4.78, 5) is 27.1. The molecule has 0 saturated carbocycles. The lowest BCUT2D eigenvalue weighted by molar-refractivity contribution is -0.137. The van der Waals surface area contributed by atoms with Crippen molar-refractivity contribution in [3.63, 3.8) is 0 Å². The molecule has 1 fully saturated rings. The van der Waals surface area contributed by atoms with E-state index >= 15 is 0 Å². The van der Waals surface area contributed by atoms with Crippen molar-refractivity contribution in [1.29, 1.82) is 0 Å². The van der Waals surface area contributed by atoms with Gasteiger partial charge in [0.2, 0.25) is 21.8 Å². The number of hydrogen-bond acceptors (Lipinski definition) is 5. The van der Waals surface area contributed by atoms with Crippen LogP contribution in [-0.4, -0.2) is 68.6 Å². The monoisotopic (exact) mass is 435 g/mol. The predicted molar refractivity (Wildman–Crippen MR) is 116 cm³/mol. The molecule has 1 saturated heterocycles. The summed E-state index contributed by atoms with van der Waals surface area (Å²) in [6, 6.07) is -0.756. The maximum Gasteiger partial charge on any atom is 0.240 e. The van der Waals surface area contributed by atoms with Gasteiger partial charge in [-0.15, -0.1) is 0 Å². The van der Waals surface area contributed by atoms with Crippen molar-refractivity contribution in [2.24, 2.45) is 5.92 Å². The highest BCUT2D eigenvalue weighted by molar-refractivity contribution is 7.98. The van der Waals surface area contributed by atoms with Crippen LogP contribution in [0.4, 0.5) is 0 Å². The number of carbonyl (C=O) groups is 2. The fraction of sp³-hybridized carbons (Fsp3) is 0.895. The van der Waals surface area contributed by atoms with Crippen LogP contribution in [0.3, 0.4) is 0 Å². The van der Waals surface area contributed by atoms with Crippen LogP contribution >= 0.6 is 11.8 Å². The number of amides is 2. The average Bonchev–Trinajstić information content (AvgIpc) is 2.70. The summed E-state index contributed by atoms with van der Waals surface area (Å²) >= 11 is 1.58. The van der Waals surface area contributed by atoms with Crippen molar-refractivity contribution in [1.82, 2.24) is 14.9 Å². The van der Waals surface area contributed by atoms with Crippen LogP contribution < -0.4 is 10.0 Å². The smallest absolute Gasteiger partial charge is 0.240 e. The Bertz CT molecular complexity index is 584. The van der Waals surface area contributed by atoms with Crippen molar-refractivity contribution in [3.8, 4) is 0 Å². The summed E-state index contributed by atoms with van der Waals surface area (Å²) < 4.78 is 26.5. The van der Waals surface area contributed by atoms with Crippen molar-refractivity contribution in [3.05, 3.63) is 0 Å². The van der Waals surface area contributed by atoms with Gasteiger partial charge in [0.15, 0.2) is 0 Å². The van der Waals surface area contributed by atoms with Crippen molar-refractivity contribution in [2.75, 3.05) is 37.4 Å². The van der Waals surface area contributed by atoms with E-state index < -0.39 is 16.1 Å². The first kappa shape index (κ1) is 25.2. The van der Waals surface area contributed by atoms with E-state index in [1.807, 2.05) is 6.26 Å². The maximum absolute atomic E-state index is 13.0. The lowest BCUT2D eigenvalue weighted by Gasteiger charge is -2.34. The van der Waals surface area contributed by atoms with Crippen LogP contribution in [0.5, 0.6) is 0 Å². The third-order valence-electron chi connectivity index (χ3n) is 5.04. The van der Waals surface area contributed by atoms with Gasteiger partial charge in [-0.3, -0.25) is 9.59 Å². The number of thioether (sulfide) groups is 1. The van der Waals surface area contributed by atoms with Crippen LogP contribution in [0, 0.1) is 5.92 Å². The number of sulfonamides is 1. The second-order valence-corrected chi connectivity index (χ2v) is 10.4. The number of unbranched alkanes of at least 4 members (excludes halogenated alkanes) is 3. The van der Waals surface area contributed by atoms with Crippen molar-refractivity contribution in [2.45, 2.75) is 64.8 Å². The fourth-order valence-electron chi connectivity index (χ4n) is 3.29. The Morgan fingerprint density at radius 2 is 1.96 bits per heavy atom. The highest BCUT2D eigenvalue weighted by Crippen LogP contribution is 2.19. The molecule has 1 aliphatic rings. The van der Waals surface area contributed by atoms with Crippen molar-refractivity contribution < 1.29 is 18.0 Å². The molecule has 1 heterocycles. The highest BCUT2D eigenvalue weighted by atomic mass is 32.2. The van der Waals surface area contributed by atoms with E-state index in [0.29, 0.717) is 31.8 Å². The fourth-order valence-corrected chi connectivity index (χ4v) is 4.58. The summed E-state index contributed by atoms with van der Waals surface area (Å²) in [6.45, 7) is 5.32. The molecule has 0 aromatic carbocycles. The lowest BCUT2D eigenvalue weighted by atomic mass is 9.96. The zero-order valence-corrected chi connectivity index (χ0v) is 19.2. The predicted octanol–water partition coefficient (Wildman–Crippen LogP) is 1.98. The van der Waals surface area contributed by atoms with Gasteiger partial charge < -0.3 is 10.2 Å². The van der Waals surface area contributed by atoms with Gasteiger partial charge in [0, 0.05) is 19.6 Å². The first-order valence-electron chi connectivity index (χ1n) is 10.4. The van der Waals surface area contributed by atoms with E-state index in [1.165, 1.54) is 6.42 Å². The molecule has 0 radical (unpaired) electrons. The van der Waals surface area contributed by atoms with Crippen LogP contribution in [0.2, 0.25) is 0 Å². The topological polar surface area (TPSA) is 95.6 Å².